The van der Waals surface area contributed by atoms with Crippen molar-refractivity contribution in [2.24, 2.45) is 0 Å². The molecule has 292 valence electrons. The maximum Gasteiger partial charge on any atom is 0.252 e. The zero-order valence-electron chi connectivity index (χ0n) is 34.1. The van der Waals surface area contributed by atoms with E-state index in [2.05, 4.69) is 126 Å². The lowest BCUT2D eigenvalue weighted by atomic mass is 9.33. The van der Waals surface area contributed by atoms with Gasteiger partial charge in [-0.2, -0.15) is 0 Å². The normalized spacial score (nSPS) is 13.6. The summed E-state index contributed by atoms with van der Waals surface area (Å²) in [6.45, 7) is 14.7. The lowest BCUT2D eigenvalue weighted by Crippen LogP contribution is -2.61. The third-order valence-corrected chi connectivity index (χ3v) is 12.2. The Kier molecular flexibility index (Phi) is 8.07. The molecule has 8 heteroatoms. The summed E-state index contributed by atoms with van der Waals surface area (Å²) in [5.41, 5.74) is 11.5. The molecule has 10 rings (SSSR count). The van der Waals surface area contributed by atoms with E-state index in [9.17, 15) is 8.78 Å². The Hall–Kier alpha value is -6.28. The third kappa shape index (κ3) is 5.63. The molecule has 3 nitrogen and oxygen atoms in total. The van der Waals surface area contributed by atoms with E-state index in [1.54, 1.807) is 0 Å². The Balaban J connectivity index is 1.41. The van der Waals surface area contributed by atoms with Gasteiger partial charge in [0.25, 0.3) is 6.71 Å². The zero-order valence-corrected chi connectivity index (χ0v) is 34.1. The molecule has 0 N–H and O–H groups in total. The molecule has 0 bridgehead atoms. The number of hydrogen-bond donors (Lipinski definition) is 0. The van der Waals surface area contributed by atoms with Crippen LogP contribution in [-0.4, -0.2) is 11.3 Å². The first-order valence-corrected chi connectivity index (χ1v) is 20.1. The topological polar surface area (TPSA) is 11.4 Å². The van der Waals surface area contributed by atoms with E-state index >= 15 is 8.78 Å². The summed E-state index contributed by atoms with van der Waals surface area (Å²) in [5.74, 6) is -2.79. The summed E-state index contributed by atoms with van der Waals surface area (Å²) in [5, 5.41) is 2.18. The number of aryl methyl sites for hydroxylation is 1. The predicted molar refractivity (Wildman–Crippen MR) is 237 cm³/mol. The van der Waals surface area contributed by atoms with Gasteiger partial charge in [0.2, 0.25) is 0 Å². The fourth-order valence-electron chi connectivity index (χ4n) is 9.37. The van der Waals surface area contributed by atoms with Crippen molar-refractivity contribution in [2.45, 2.75) is 59.3 Å². The number of nitrogens with zero attached hydrogens (tertiary/aromatic N) is 3. The van der Waals surface area contributed by atoms with Gasteiger partial charge in [-0.05, 0) is 111 Å². The zero-order chi connectivity index (χ0) is 41.3. The third-order valence-electron chi connectivity index (χ3n) is 12.2. The second-order valence-corrected chi connectivity index (χ2v) is 18.1. The highest BCUT2D eigenvalue weighted by Gasteiger charge is 2.45. The molecule has 0 saturated carbocycles. The van der Waals surface area contributed by atoms with Gasteiger partial charge in [0.05, 0.1) is 28.1 Å². The van der Waals surface area contributed by atoms with Crippen LogP contribution in [0.5, 0.6) is 0 Å². The number of fused-ring (bicyclic) bond motifs is 7. The number of benzene rings is 7. The van der Waals surface area contributed by atoms with Crippen molar-refractivity contribution < 1.29 is 17.6 Å². The molecule has 59 heavy (non-hydrogen) atoms. The Morgan fingerprint density at radius 2 is 0.966 bits per heavy atom. The first-order valence-electron chi connectivity index (χ1n) is 20.1. The summed E-state index contributed by atoms with van der Waals surface area (Å²) >= 11 is 0. The monoisotopic (exact) mass is 783 g/mol. The minimum absolute atomic E-state index is 0.181. The quantitative estimate of drug-likeness (QED) is 0.131. The summed E-state index contributed by atoms with van der Waals surface area (Å²) in [4.78, 5) is 3.79. The maximum absolute atomic E-state index is 16.5. The number of aromatic nitrogens is 1. The fourth-order valence-corrected chi connectivity index (χ4v) is 9.37. The van der Waals surface area contributed by atoms with Crippen molar-refractivity contribution in [1.29, 1.82) is 0 Å². The van der Waals surface area contributed by atoms with Gasteiger partial charge >= 0.3 is 0 Å². The average Bonchev–Trinajstić information content (AvgIpc) is 3.53. The largest absolute Gasteiger partial charge is 0.309 e. The van der Waals surface area contributed by atoms with Crippen LogP contribution < -0.4 is 26.2 Å². The van der Waals surface area contributed by atoms with E-state index in [1.165, 1.54) is 24.3 Å². The molecule has 0 atom stereocenters. The number of rotatable bonds is 3. The van der Waals surface area contributed by atoms with Crippen LogP contribution in [0.15, 0.2) is 127 Å². The Labute approximate surface area is 342 Å². The van der Waals surface area contributed by atoms with Gasteiger partial charge in [-0.25, -0.2) is 17.6 Å². The van der Waals surface area contributed by atoms with Crippen LogP contribution in [0.4, 0.5) is 51.7 Å². The van der Waals surface area contributed by atoms with Crippen molar-refractivity contribution in [2.75, 3.05) is 9.80 Å². The molecule has 0 fully saturated rings. The highest BCUT2D eigenvalue weighted by atomic mass is 19.1. The molecule has 7 aromatic carbocycles. The second-order valence-electron chi connectivity index (χ2n) is 18.1. The fraction of sp³-hybridized carbons (Fsp3) is 0.176. The predicted octanol–water partition coefficient (Wildman–Crippen LogP) is 12.3. The first-order chi connectivity index (χ1) is 28.1. The van der Waals surface area contributed by atoms with Crippen molar-refractivity contribution in [1.82, 2.24) is 4.57 Å². The van der Waals surface area contributed by atoms with Gasteiger partial charge in [0.1, 0.15) is 23.3 Å². The van der Waals surface area contributed by atoms with Crippen molar-refractivity contribution in [3.05, 3.63) is 167 Å². The molecule has 0 spiro atoms. The van der Waals surface area contributed by atoms with Crippen LogP contribution in [0.25, 0.3) is 27.5 Å². The van der Waals surface area contributed by atoms with Gasteiger partial charge in [0, 0.05) is 45.7 Å². The van der Waals surface area contributed by atoms with Crippen molar-refractivity contribution in [3.63, 3.8) is 0 Å². The Morgan fingerprint density at radius 1 is 0.475 bits per heavy atom. The molecule has 0 unspecified atom stereocenters. The van der Waals surface area contributed by atoms with Crippen molar-refractivity contribution in [3.8, 4) is 5.69 Å². The van der Waals surface area contributed by atoms with Crippen LogP contribution in [0, 0.1) is 30.2 Å². The summed E-state index contributed by atoms with van der Waals surface area (Å²) in [6, 6.07) is 38.7. The number of halogens is 4. The minimum Gasteiger partial charge on any atom is -0.309 e. The van der Waals surface area contributed by atoms with Gasteiger partial charge in [0.15, 0.2) is 0 Å². The molecular formula is C51H42BF4N3. The van der Waals surface area contributed by atoms with Gasteiger partial charge in [-0.1, -0.05) is 96.1 Å². The lowest BCUT2D eigenvalue weighted by Gasteiger charge is -2.45. The van der Waals surface area contributed by atoms with Crippen LogP contribution in [0.2, 0.25) is 0 Å². The first kappa shape index (κ1) is 37.0. The molecule has 0 saturated heterocycles. The highest BCUT2D eigenvalue weighted by molar-refractivity contribution is 7.00. The van der Waals surface area contributed by atoms with E-state index in [0.29, 0.717) is 11.4 Å². The summed E-state index contributed by atoms with van der Waals surface area (Å²) < 4.78 is 64.7. The molecular weight excluding hydrogens is 741 g/mol. The second kappa shape index (κ2) is 12.9. The van der Waals surface area contributed by atoms with Crippen LogP contribution in [0.1, 0.15) is 58.2 Å². The Bertz CT molecular complexity index is 2920. The lowest BCUT2D eigenvalue weighted by molar-refractivity contribution is 0.583. The van der Waals surface area contributed by atoms with E-state index in [4.69, 9.17) is 0 Å². The highest BCUT2D eigenvalue weighted by Crippen LogP contribution is 2.48. The van der Waals surface area contributed by atoms with E-state index in [-0.39, 0.29) is 28.9 Å². The van der Waals surface area contributed by atoms with Crippen LogP contribution in [0.3, 0.4) is 0 Å². The molecule has 2 aliphatic rings. The molecule has 1 aromatic heterocycles. The average molecular weight is 784 g/mol. The molecule has 3 heterocycles. The molecule has 0 radical (unpaired) electrons. The maximum atomic E-state index is 16.5. The van der Waals surface area contributed by atoms with E-state index < -0.39 is 23.3 Å². The van der Waals surface area contributed by atoms with Crippen LogP contribution in [-0.2, 0) is 10.8 Å². The standard InChI is InChI=1S/C51H42BF4N3/c1-29-11-10-14-45-48(29)35-12-8-9-13-40(35)57(45)34-27-46-49-47(28-34)59(44-22-18-33(54)26-39(44)56)42-20-16-31(51(5,6)7)24-37(42)52(49)36-23-30(50(2,3)4)15-19-41(36)58(46)43-21-17-32(53)25-38(43)55/h8-28H,1-7H3. The van der Waals surface area contributed by atoms with E-state index in [1.807, 2.05) is 28.0 Å². The van der Waals surface area contributed by atoms with Crippen molar-refractivity contribution >= 4 is 79.0 Å². The summed E-state index contributed by atoms with van der Waals surface area (Å²) in [7, 11) is 0. The SMILES string of the molecule is Cc1cccc2c1c1ccccc1n2-c1cc2c3c(c1)N(c1ccc(F)cc1F)c1ccc(C(C)(C)C)cc1B3c1cc(C(C)(C)C)ccc1N2c1ccc(F)cc1F. The van der Waals surface area contributed by atoms with Crippen LogP contribution >= 0.6 is 0 Å². The van der Waals surface area contributed by atoms with Gasteiger partial charge in [-0.15, -0.1) is 0 Å². The molecule has 2 aliphatic heterocycles. The number of para-hydroxylation sites is 1. The van der Waals surface area contributed by atoms with Gasteiger partial charge in [-0.3, -0.25) is 0 Å². The summed E-state index contributed by atoms with van der Waals surface area (Å²) in [6.07, 6.45) is 0. The smallest absolute Gasteiger partial charge is 0.252 e. The number of hydrogen-bond acceptors (Lipinski definition) is 2. The molecule has 0 aliphatic carbocycles. The molecule has 0 amide bonds. The van der Waals surface area contributed by atoms with E-state index in [0.717, 1.165) is 84.1 Å². The van der Waals surface area contributed by atoms with Gasteiger partial charge < -0.3 is 14.4 Å². The minimum atomic E-state index is -0.714. The molecule has 8 aromatic rings. The Morgan fingerprint density at radius 3 is 1.47 bits per heavy atom. The number of anilines is 6.